The molecule has 0 amide bonds. The Morgan fingerprint density at radius 3 is 3.00 bits per heavy atom. The van der Waals surface area contributed by atoms with Gasteiger partial charge >= 0.3 is 0 Å². The van der Waals surface area contributed by atoms with E-state index in [1.54, 1.807) is 4.68 Å². The number of nitrogens with two attached hydrogens (primary N) is 1. The molecule has 0 aliphatic carbocycles. The largest absolute Gasteiger partial charge is 0.338 e. The molecule has 0 aliphatic rings. The zero-order chi connectivity index (χ0) is 12.7. The van der Waals surface area contributed by atoms with E-state index in [9.17, 15) is 0 Å². The molecule has 0 unspecified atom stereocenters. The molecule has 18 heavy (non-hydrogen) atoms. The van der Waals surface area contributed by atoms with Gasteiger partial charge in [-0.25, -0.2) is 0 Å². The number of benzene rings is 1. The van der Waals surface area contributed by atoms with Crippen molar-refractivity contribution in [3.05, 3.63) is 28.7 Å². The predicted octanol–water partition coefficient (Wildman–Crippen LogP) is 1.84. The molecule has 0 fully saturated rings. The summed E-state index contributed by atoms with van der Waals surface area (Å²) in [6, 6.07) is 5.85. The number of halogens is 1. The van der Waals surface area contributed by atoms with Crippen LogP contribution in [0.25, 0.3) is 22.3 Å². The lowest BCUT2D eigenvalue weighted by atomic mass is 10.1. The van der Waals surface area contributed by atoms with Crippen LogP contribution in [0.5, 0.6) is 0 Å². The zero-order valence-corrected chi connectivity index (χ0v) is 11.2. The van der Waals surface area contributed by atoms with Gasteiger partial charge in [0.1, 0.15) is 4.60 Å². The van der Waals surface area contributed by atoms with Crippen molar-refractivity contribution in [2.24, 2.45) is 12.8 Å². The Hall–Kier alpha value is -1.73. The van der Waals surface area contributed by atoms with Crippen LogP contribution in [-0.2, 0) is 13.6 Å². The third-order valence-electron chi connectivity index (χ3n) is 2.70. The average molecular weight is 308 g/mol. The molecule has 0 atom stereocenters. The highest BCUT2D eigenvalue weighted by atomic mass is 79.9. The van der Waals surface area contributed by atoms with Crippen LogP contribution >= 0.6 is 15.9 Å². The van der Waals surface area contributed by atoms with Gasteiger partial charge in [0.05, 0.1) is 12.1 Å². The third-order valence-corrected chi connectivity index (χ3v) is 3.29. The van der Waals surface area contributed by atoms with Crippen LogP contribution < -0.4 is 5.73 Å². The van der Waals surface area contributed by atoms with Crippen molar-refractivity contribution in [2.75, 3.05) is 0 Å². The Balaban J connectivity index is 2.28. The third kappa shape index (κ3) is 1.63. The smallest absolute Gasteiger partial charge is 0.240 e. The van der Waals surface area contributed by atoms with Crippen LogP contribution in [0.2, 0.25) is 0 Å². The molecule has 0 spiro atoms. The van der Waals surface area contributed by atoms with Gasteiger partial charge in [0.15, 0.2) is 0 Å². The molecule has 3 aromatic rings. The van der Waals surface area contributed by atoms with Crippen molar-refractivity contribution in [1.29, 1.82) is 0 Å². The number of para-hydroxylation sites is 1. The molecule has 1 aromatic carbocycles. The Labute approximate surface area is 111 Å². The second kappa shape index (κ2) is 4.18. The summed E-state index contributed by atoms with van der Waals surface area (Å²) in [7, 11) is 1.88. The van der Waals surface area contributed by atoms with Crippen LogP contribution in [-0.4, -0.2) is 19.9 Å². The van der Waals surface area contributed by atoms with E-state index in [4.69, 9.17) is 10.3 Å². The second-order valence-electron chi connectivity index (χ2n) is 3.83. The zero-order valence-electron chi connectivity index (χ0n) is 9.59. The van der Waals surface area contributed by atoms with Crippen molar-refractivity contribution in [1.82, 2.24) is 19.9 Å². The van der Waals surface area contributed by atoms with E-state index in [2.05, 4.69) is 31.2 Å². The maximum Gasteiger partial charge on any atom is 0.240 e. The molecule has 2 N–H and O–H groups in total. The number of rotatable bonds is 2. The number of hydrogen-bond acceptors (Lipinski definition) is 5. The molecule has 0 aliphatic heterocycles. The minimum atomic E-state index is 0.234. The summed E-state index contributed by atoms with van der Waals surface area (Å²) in [5.74, 6) is 0.944. The topological polar surface area (TPSA) is 82.8 Å². The van der Waals surface area contributed by atoms with E-state index in [1.807, 2.05) is 25.2 Å². The van der Waals surface area contributed by atoms with Crippen LogP contribution in [0, 0.1) is 0 Å². The standard InChI is InChI=1S/C11H10BrN5O/c1-17-9-6(10(12)15-17)3-2-4-7(9)11-14-8(5-13)18-16-11/h2-4H,5,13H2,1H3. The summed E-state index contributed by atoms with van der Waals surface area (Å²) in [6.45, 7) is 0.234. The van der Waals surface area contributed by atoms with Gasteiger partial charge in [0.25, 0.3) is 0 Å². The quantitative estimate of drug-likeness (QED) is 0.781. The lowest BCUT2D eigenvalue weighted by Crippen LogP contribution is -1.96. The Bertz CT molecular complexity index is 717. The average Bonchev–Trinajstić information content (AvgIpc) is 2.95. The lowest BCUT2D eigenvalue weighted by Gasteiger charge is -1.99. The molecule has 0 saturated carbocycles. The summed E-state index contributed by atoms with van der Waals surface area (Å²) >= 11 is 3.43. The van der Waals surface area contributed by atoms with E-state index in [1.165, 1.54) is 0 Å². The van der Waals surface area contributed by atoms with E-state index in [-0.39, 0.29) is 6.54 Å². The van der Waals surface area contributed by atoms with Gasteiger partial charge < -0.3 is 10.3 Å². The Kier molecular flexibility index (Phi) is 2.64. The monoisotopic (exact) mass is 307 g/mol. The highest BCUT2D eigenvalue weighted by Crippen LogP contribution is 2.30. The summed E-state index contributed by atoms with van der Waals surface area (Å²) in [5.41, 5.74) is 7.29. The predicted molar refractivity (Wildman–Crippen MR) is 69.6 cm³/mol. The van der Waals surface area contributed by atoms with Gasteiger partial charge in [0, 0.05) is 18.0 Å². The summed E-state index contributed by atoms with van der Waals surface area (Å²) in [6.07, 6.45) is 0. The molecule has 2 heterocycles. The first kappa shape index (κ1) is 11.4. The van der Waals surface area contributed by atoms with Crippen molar-refractivity contribution < 1.29 is 4.52 Å². The van der Waals surface area contributed by atoms with Crippen molar-refractivity contribution >= 4 is 26.8 Å². The first-order chi connectivity index (χ1) is 8.70. The van der Waals surface area contributed by atoms with Crippen molar-refractivity contribution in [2.45, 2.75) is 6.54 Å². The van der Waals surface area contributed by atoms with E-state index in [0.29, 0.717) is 11.7 Å². The Morgan fingerprint density at radius 1 is 1.44 bits per heavy atom. The highest BCUT2D eigenvalue weighted by Gasteiger charge is 2.15. The Morgan fingerprint density at radius 2 is 2.28 bits per heavy atom. The molecule has 6 nitrogen and oxygen atoms in total. The van der Waals surface area contributed by atoms with Gasteiger partial charge in [0.2, 0.25) is 11.7 Å². The minimum Gasteiger partial charge on any atom is -0.338 e. The van der Waals surface area contributed by atoms with Crippen LogP contribution in [0.4, 0.5) is 0 Å². The number of hydrogen-bond donors (Lipinski definition) is 1. The first-order valence-electron chi connectivity index (χ1n) is 5.35. The number of aryl methyl sites for hydroxylation is 1. The van der Waals surface area contributed by atoms with Crippen molar-refractivity contribution in [3.8, 4) is 11.4 Å². The molecular formula is C11H10BrN5O. The van der Waals surface area contributed by atoms with Crippen LogP contribution in [0.3, 0.4) is 0 Å². The van der Waals surface area contributed by atoms with E-state index in [0.717, 1.165) is 21.1 Å². The van der Waals surface area contributed by atoms with Gasteiger partial charge in [-0.05, 0) is 28.1 Å². The molecule has 7 heteroatoms. The molecule has 2 aromatic heterocycles. The molecule has 0 bridgehead atoms. The fourth-order valence-electron chi connectivity index (χ4n) is 1.92. The minimum absolute atomic E-state index is 0.234. The highest BCUT2D eigenvalue weighted by molar-refractivity contribution is 9.10. The second-order valence-corrected chi connectivity index (χ2v) is 4.58. The first-order valence-corrected chi connectivity index (χ1v) is 6.14. The molecular weight excluding hydrogens is 298 g/mol. The normalized spacial score (nSPS) is 11.3. The maximum atomic E-state index is 5.47. The summed E-state index contributed by atoms with van der Waals surface area (Å²) in [5, 5.41) is 9.27. The van der Waals surface area contributed by atoms with Gasteiger partial charge in [-0.1, -0.05) is 11.2 Å². The summed E-state index contributed by atoms with van der Waals surface area (Å²) in [4.78, 5) is 4.24. The van der Waals surface area contributed by atoms with Crippen LogP contribution in [0.1, 0.15) is 5.89 Å². The number of nitrogens with zero attached hydrogens (tertiary/aromatic N) is 4. The number of aromatic nitrogens is 4. The van der Waals surface area contributed by atoms with Crippen molar-refractivity contribution in [3.63, 3.8) is 0 Å². The molecule has 0 radical (unpaired) electrons. The fourth-order valence-corrected chi connectivity index (χ4v) is 2.48. The van der Waals surface area contributed by atoms with Gasteiger partial charge in [-0.2, -0.15) is 10.1 Å². The van der Waals surface area contributed by atoms with Crippen LogP contribution in [0.15, 0.2) is 27.3 Å². The van der Waals surface area contributed by atoms with Gasteiger partial charge in [-0.3, -0.25) is 4.68 Å². The lowest BCUT2D eigenvalue weighted by molar-refractivity contribution is 0.380. The summed E-state index contributed by atoms with van der Waals surface area (Å²) < 4.78 is 7.62. The van der Waals surface area contributed by atoms with E-state index >= 15 is 0 Å². The maximum absolute atomic E-state index is 5.47. The number of fused-ring (bicyclic) bond motifs is 1. The van der Waals surface area contributed by atoms with Gasteiger partial charge in [-0.15, -0.1) is 0 Å². The molecule has 92 valence electrons. The molecule has 0 saturated heterocycles. The molecule has 3 rings (SSSR count). The SMILES string of the molecule is Cn1nc(Br)c2cccc(-c3noc(CN)n3)c21. The van der Waals surface area contributed by atoms with E-state index < -0.39 is 0 Å². The fraction of sp³-hybridized carbons (Fsp3) is 0.182.